The summed E-state index contributed by atoms with van der Waals surface area (Å²) in [5.41, 5.74) is 1.06. The van der Waals surface area contributed by atoms with E-state index >= 15 is 0 Å². The number of hydrogen-bond acceptors (Lipinski definition) is 2. The Balaban J connectivity index is 2.50. The first-order valence-electron chi connectivity index (χ1n) is 4.23. The molecule has 0 aliphatic heterocycles. The van der Waals surface area contributed by atoms with Crippen molar-refractivity contribution in [2.24, 2.45) is 0 Å². The minimum Gasteiger partial charge on any atom is -0.219 e. The first-order valence-corrected chi connectivity index (χ1v) is 5.02. The predicted molar refractivity (Wildman–Crippen MR) is 56.8 cm³/mol. The van der Waals surface area contributed by atoms with Crippen molar-refractivity contribution in [3.8, 4) is 0 Å². The molecule has 7 heteroatoms. The predicted octanol–water partition coefficient (Wildman–Crippen LogP) is 3.19. The SMILES string of the molecule is FC(F)(F)C(Br)=Cn1nnc2ccccc21. The van der Waals surface area contributed by atoms with Crippen LogP contribution in [-0.4, -0.2) is 21.2 Å². The molecular weight excluding hydrogens is 287 g/mol. The molecule has 0 radical (unpaired) electrons. The largest absolute Gasteiger partial charge is 0.424 e. The first kappa shape index (κ1) is 11.1. The van der Waals surface area contributed by atoms with Crippen LogP contribution in [0, 0.1) is 0 Å². The van der Waals surface area contributed by atoms with Crippen LogP contribution >= 0.6 is 15.9 Å². The number of hydrogen-bond donors (Lipinski definition) is 0. The maximum absolute atomic E-state index is 12.3. The summed E-state index contributed by atoms with van der Waals surface area (Å²) in [4.78, 5) is 0. The Kier molecular flexibility index (Phi) is 2.71. The number of para-hydroxylation sites is 1. The number of nitrogens with zero attached hydrogens (tertiary/aromatic N) is 3. The number of benzene rings is 1. The van der Waals surface area contributed by atoms with Gasteiger partial charge in [-0.2, -0.15) is 13.2 Å². The molecule has 0 spiro atoms. The van der Waals surface area contributed by atoms with Gasteiger partial charge >= 0.3 is 6.18 Å². The van der Waals surface area contributed by atoms with Gasteiger partial charge in [-0.1, -0.05) is 17.3 Å². The van der Waals surface area contributed by atoms with Gasteiger partial charge < -0.3 is 0 Å². The zero-order chi connectivity index (χ0) is 11.8. The van der Waals surface area contributed by atoms with Crippen molar-refractivity contribution in [1.82, 2.24) is 15.0 Å². The average molecular weight is 292 g/mol. The lowest BCUT2D eigenvalue weighted by Gasteiger charge is -2.03. The van der Waals surface area contributed by atoms with Gasteiger partial charge in [0.25, 0.3) is 0 Å². The first-order chi connectivity index (χ1) is 7.48. The molecular formula is C9H5BrF3N3. The summed E-state index contributed by atoms with van der Waals surface area (Å²) in [5, 5.41) is 7.34. The molecule has 84 valence electrons. The minimum absolute atomic E-state index is 0.517. The monoisotopic (exact) mass is 291 g/mol. The Morgan fingerprint density at radius 3 is 2.69 bits per heavy atom. The Morgan fingerprint density at radius 2 is 2.00 bits per heavy atom. The van der Waals surface area contributed by atoms with E-state index in [-0.39, 0.29) is 0 Å². The average Bonchev–Trinajstić information content (AvgIpc) is 2.61. The van der Waals surface area contributed by atoms with E-state index in [2.05, 4.69) is 26.2 Å². The van der Waals surface area contributed by atoms with Crippen LogP contribution in [0.5, 0.6) is 0 Å². The summed E-state index contributed by atoms with van der Waals surface area (Å²) in [7, 11) is 0. The van der Waals surface area contributed by atoms with E-state index in [0.717, 1.165) is 10.9 Å². The molecule has 1 aromatic carbocycles. The molecule has 2 rings (SSSR count). The number of halogens is 4. The molecule has 1 aromatic heterocycles. The van der Waals surface area contributed by atoms with Gasteiger partial charge in [-0.3, -0.25) is 0 Å². The van der Waals surface area contributed by atoms with Gasteiger partial charge in [-0.15, -0.1) is 5.10 Å². The maximum Gasteiger partial charge on any atom is 0.424 e. The van der Waals surface area contributed by atoms with Crippen LogP contribution in [0.1, 0.15) is 0 Å². The van der Waals surface area contributed by atoms with Gasteiger partial charge in [-0.05, 0) is 28.1 Å². The van der Waals surface area contributed by atoms with Crippen molar-refractivity contribution >= 4 is 33.2 Å². The molecule has 0 unspecified atom stereocenters. The van der Waals surface area contributed by atoms with Crippen molar-refractivity contribution in [3.63, 3.8) is 0 Å². The van der Waals surface area contributed by atoms with Crippen LogP contribution in [0.3, 0.4) is 0 Å². The van der Waals surface area contributed by atoms with Crippen molar-refractivity contribution < 1.29 is 13.2 Å². The second-order valence-corrected chi connectivity index (χ2v) is 3.85. The van der Waals surface area contributed by atoms with Crippen molar-refractivity contribution in [2.75, 3.05) is 0 Å². The van der Waals surface area contributed by atoms with E-state index in [1.807, 2.05) is 0 Å². The topological polar surface area (TPSA) is 30.7 Å². The van der Waals surface area contributed by atoms with Gasteiger partial charge in [0.1, 0.15) is 10.00 Å². The van der Waals surface area contributed by atoms with Crippen LogP contribution in [-0.2, 0) is 0 Å². The Bertz CT molecular complexity index is 544. The molecule has 0 amide bonds. The van der Waals surface area contributed by atoms with Crippen molar-refractivity contribution in [3.05, 3.63) is 28.7 Å². The molecule has 0 saturated heterocycles. The van der Waals surface area contributed by atoms with E-state index in [1.165, 1.54) is 0 Å². The van der Waals surface area contributed by atoms with Gasteiger partial charge in [0.05, 0.1) is 11.7 Å². The van der Waals surface area contributed by atoms with Gasteiger partial charge in [-0.25, -0.2) is 4.68 Å². The van der Waals surface area contributed by atoms with E-state index < -0.39 is 10.7 Å². The summed E-state index contributed by atoms with van der Waals surface area (Å²) in [6.45, 7) is 0. The molecule has 0 atom stereocenters. The highest BCUT2D eigenvalue weighted by atomic mass is 79.9. The minimum atomic E-state index is -4.42. The fourth-order valence-electron chi connectivity index (χ4n) is 1.16. The Hall–Kier alpha value is -1.37. The van der Waals surface area contributed by atoms with Crippen LogP contribution in [0.15, 0.2) is 28.7 Å². The molecule has 0 saturated carbocycles. The second-order valence-electron chi connectivity index (χ2n) is 3.00. The number of rotatable bonds is 1. The highest BCUT2D eigenvalue weighted by molar-refractivity contribution is 9.11. The van der Waals surface area contributed by atoms with Crippen LogP contribution in [0.4, 0.5) is 13.2 Å². The summed E-state index contributed by atoms with van der Waals surface area (Å²) < 4.78 is 37.0. The van der Waals surface area contributed by atoms with Gasteiger partial charge in [0.15, 0.2) is 0 Å². The number of fused-ring (bicyclic) bond motifs is 1. The van der Waals surface area contributed by atoms with E-state index in [1.54, 1.807) is 24.3 Å². The van der Waals surface area contributed by atoms with Crippen LogP contribution in [0.25, 0.3) is 17.2 Å². The molecule has 1 heterocycles. The van der Waals surface area contributed by atoms with Gasteiger partial charge in [0.2, 0.25) is 0 Å². The lowest BCUT2D eigenvalue weighted by molar-refractivity contribution is -0.0822. The van der Waals surface area contributed by atoms with Gasteiger partial charge in [0, 0.05) is 0 Å². The molecule has 0 bridgehead atoms. The standard InChI is InChI=1S/C9H5BrF3N3/c10-8(9(11,12)13)5-16-7-4-2-1-3-6(7)14-15-16/h1-5H. The van der Waals surface area contributed by atoms with E-state index in [0.29, 0.717) is 11.0 Å². The highest BCUT2D eigenvalue weighted by Gasteiger charge is 2.32. The smallest absolute Gasteiger partial charge is 0.219 e. The van der Waals surface area contributed by atoms with E-state index in [4.69, 9.17) is 0 Å². The molecule has 0 N–H and O–H groups in total. The summed E-state index contributed by atoms with van der Waals surface area (Å²) >= 11 is 2.45. The number of allylic oxidation sites excluding steroid dienone is 1. The third-order valence-corrected chi connectivity index (χ3v) is 2.54. The molecule has 0 aliphatic carbocycles. The highest BCUT2D eigenvalue weighted by Crippen LogP contribution is 2.30. The zero-order valence-corrected chi connectivity index (χ0v) is 9.33. The summed E-state index contributed by atoms with van der Waals surface area (Å²) in [5.74, 6) is 0. The molecule has 2 aromatic rings. The van der Waals surface area contributed by atoms with Crippen LogP contribution in [0.2, 0.25) is 0 Å². The fourth-order valence-corrected chi connectivity index (χ4v) is 1.36. The normalized spacial score (nSPS) is 13.4. The number of alkyl halides is 3. The Morgan fingerprint density at radius 1 is 1.31 bits per heavy atom. The van der Waals surface area contributed by atoms with E-state index in [9.17, 15) is 13.2 Å². The molecule has 3 nitrogen and oxygen atoms in total. The summed E-state index contributed by atoms with van der Waals surface area (Å²) in [6, 6.07) is 6.76. The molecule has 0 aliphatic rings. The maximum atomic E-state index is 12.3. The molecule has 0 fully saturated rings. The lowest BCUT2D eigenvalue weighted by atomic mass is 10.3. The lowest BCUT2D eigenvalue weighted by Crippen LogP contribution is -2.08. The van der Waals surface area contributed by atoms with Crippen molar-refractivity contribution in [1.29, 1.82) is 0 Å². The third kappa shape index (κ3) is 2.08. The van der Waals surface area contributed by atoms with Crippen molar-refractivity contribution in [2.45, 2.75) is 6.18 Å². The quantitative estimate of drug-likeness (QED) is 0.808. The molecule has 16 heavy (non-hydrogen) atoms. The Labute approximate surface area is 96.7 Å². The number of aromatic nitrogens is 3. The second kappa shape index (κ2) is 3.89. The van der Waals surface area contributed by atoms with Crippen LogP contribution < -0.4 is 0 Å². The summed E-state index contributed by atoms with van der Waals surface area (Å²) in [6.07, 6.45) is -3.58. The fraction of sp³-hybridized carbons (Fsp3) is 0.111. The third-order valence-electron chi connectivity index (χ3n) is 1.88. The zero-order valence-electron chi connectivity index (χ0n) is 7.74.